The highest BCUT2D eigenvalue weighted by atomic mass is 35.5. The SMILES string of the molecule is [C-]#[N+]c1ccc(OCC2(CNC[C@H]3CCCO3)CN(S(=O)(=O)c3ccc(Cl)cc3Cl)C2)cc1F. The number of sulfonamides is 1. The molecule has 2 aliphatic heterocycles. The van der Waals surface area contributed by atoms with Gasteiger partial charge >= 0.3 is 0 Å². The lowest BCUT2D eigenvalue weighted by Gasteiger charge is -2.49. The predicted molar refractivity (Wildman–Crippen MR) is 128 cm³/mol. The molecule has 7 nitrogen and oxygen atoms in total. The van der Waals surface area contributed by atoms with E-state index < -0.39 is 21.3 Å². The first-order valence-electron chi connectivity index (χ1n) is 10.8. The summed E-state index contributed by atoms with van der Waals surface area (Å²) in [7, 11) is -3.82. The second-order valence-electron chi connectivity index (χ2n) is 8.63. The topological polar surface area (TPSA) is 72.2 Å². The van der Waals surface area contributed by atoms with E-state index in [4.69, 9.17) is 39.2 Å². The summed E-state index contributed by atoms with van der Waals surface area (Å²) in [5, 5.41) is 3.80. The zero-order chi connectivity index (χ0) is 24.3. The Bertz CT molecular complexity index is 1190. The average molecular weight is 528 g/mol. The largest absolute Gasteiger partial charge is 0.493 e. The van der Waals surface area contributed by atoms with Crippen LogP contribution in [0.5, 0.6) is 5.75 Å². The summed E-state index contributed by atoms with van der Waals surface area (Å²) in [5.41, 5.74) is -0.611. The highest BCUT2D eigenvalue weighted by Gasteiger charge is 2.49. The minimum Gasteiger partial charge on any atom is -0.493 e. The molecule has 2 fully saturated rings. The Morgan fingerprint density at radius 3 is 2.71 bits per heavy atom. The van der Waals surface area contributed by atoms with E-state index in [-0.39, 0.29) is 47.2 Å². The normalized spacial score (nSPS) is 20.0. The molecule has 0 amide bonds. The molecule has 0 radical (unpaired) electrons. The van der Waals surface area contributed by atoms with Gasteiger partial charge in [-0.15, -0.1) is 0 Å². The van der Waals surface area contributed by atoms with Crippen molar-refractivity contribution in [2.75, 3.05) is 39.4 Å². The number of rotatable bonds is 9. The molecule has 0 unspecified atom stereocenters. The van der Waals surface area contributed by atoms with E-state index in [9.17, 15) is 12.8 Å². The van der Waals surface area contributed by atoms with Gasteiger partial charge in [-0.3, -0.25) is 0 Å². The molecule has 0 aromatic heterocycles. The van der Waals surface area contributed by atoms with E-state index in [0.717, 1.165) is 19.4 Å². The smallest absolute Gasteiger partial charge is 0.244 e. The zero-order valence-corrected chi connectivity index (χ0v) is 20.6. The molecule has 2 saturated heterocycles. The van der Waals surface area contributed by atoms with Gasteiger partial charge in [-0.1, -0.05) is 23.2 Å². The van der Waals surface area contributed by atoms with Crippen LogP contribution in [-0.2, 0) is 14.8 Å². The van der Waals surface area contributed by atoms with Crippen LogP contribution in [-0.4, -0.2) is 58.2 Å². The molecule has 4 rings (SSSR count). The quantitative estimate of drug-likeness (QED) is 0.485. The standard InChI is InChI=1S/C23H24Cl2FN3O4S/c1-27-21-6-5-17(10-20(21)26)33-15-23(12-28-11-18-3-2-8-32-18)13-29(14-23)34(30,31)22-7-4-16(24)9-19(22)25/h4-7,9-10,18,28H,2-3,8,11-15H2/t18-/m1/s1. The molecule has 182 valence electrons. The molecule has 34 heavy (non-hydrogen) atoms. The van der Waals surface area contributed by atoms with Gasteiger partial charge in [0.1, 0.15) is 16.5 Å². The Hall–Kier alpha value is -1.93. The van der Waals surface area contributed by atoms with Crippen molar-refractivity contribution in [2.45, 2.75) is 23.8 Å². The molecule has 1 atom stereocenters. The first-order valence-corrected chi connectivity index (χ1v) is 13.0. The Morgan fingerprint density at radius 1 is 1.26 bits per heavy atom. The van der Waals surface area contributed by atoms with Gasteiger partial charge in [-0.25, -0.2) is 17.7 Å². The maximum absolute atomic E-state index is 14.0. The van der Waals surface area contributed by atoms with Crippen LogP contribution in [0.2, 0.25) is 10.0 Å². The Labute approximate surface area is 208 Å². The van der Waals surface area contributed by atoms with Crippen LogP contribution in [0.4, 0.5) is 10.1 Å². The summed E-state index contributed by atoms with van der Waals surface area (Å²) in [6.45, 7) is 9.45. The van der Waals surface area contributed by atoms with Crippen LogP contribution in [0, 0.1) is 17.8 Å². The number of hydrogen-bond donors (Lipinski definition) is 1. The Morgan fingerprint density at radius 2 is 2.06 bits per heavy atom. The van der Waals surface area contributed by atoms with Crippen molar-refractivity contribution in [3.8, 4) is 5.75 Å². The van der Waals surface area contributed by atoms with E-state index in [1.807, 2.05) is 0 Å². The lowest BCUT2D eigenvalue weighted by Crippen LogP contribution is -2.64. The number of hydrogen-bond acceptors (Lipinski definition) is 5. The van der Waals surface area contributed by atoms with Crippen molar-refractivity contribution < 1.29 is 22.3 Å². The fourth-order valence-electron chi connectivity index (χ4n) is 4.16. The van der Waals surface area contributed by atoms with Gasteiger partial charge in [0.25, 0.3) is 0 Å². The summed E-state index contributed by atoms with van der Waals surface area (Å²) in [6, 6.07) is 8.34. The molecule has 0 saturated carbocycles. The monoisotopic (exact) mass is 527 g/mol. The summed E-state index contributed by atoms with van der Waals surface area (Å²) >= 11 is 12.1. The van der Waals surface area contributed by atoms with Gasteiger partial charge in [0.05, 0.1) is 24.3 Å². The van der Waals surface area contributed by atoms with Gasteiger partial charge < -0.3 is 14.8 Å². The van der Waals surface area contributed by atoms with Gasteiger partial charge in [-0.2, -0.15) is 4.31 Å². The molecule has 2 aromatic carbocycles. The zero-order valence-electron chi connectivity index (χ0n) is 18.3. The second-order valence-corrected chi connectivity index (χ2v) is 11.4. The van der Waals surface area contributed by atoms with Crippen molar-refractivity contribution in [3.05, 3.63) is 63.7 Å². The lowest BCUT2D eigenvalue weighted by atomic mass is 9.82. The van der Waals surface area contributed by atoms with E-state index in [1.165, 1.54) is 40.7 Å². The summed E-state index contributed by atoms with van der Waals surface area (Å²) in [6.07, 6.45) is 2.15. The summed E-state index contributed by atoms with van der Waals surface area (Å²) in [5.74, 6) is -0.376. The number of halogens is 3. The maximum Gasteiger partial charge on any atom is 0.244 e. The number of ether oxygens (including phenoxy) is 2. The lowest BCUT2D eigenvalue weighted by molar-refractivity contribution is 0.0156. The van der Waals surface area contributed by atoms with E-state index in [0.29, 0.717) is 18.1 Å². The molecule has 2 aliphatic rings. The van der Waals surface area contributed by atoms with Crippen molar-refractivity contribution in [2.24, 2.45) is 5.41 Å². The number of benzene rings is 2. The minimum atomic E-state index is -3.82. The molecule has 2 heterocycles. The molecule has 11 heteroatoms. The number of nitrogens with zero attached hydrogens (tertiary/aromatic N) is 2. The van der Waals surface area contributed by atoms with Crippen molar-refractivity contribution in [1.29, 1.82) is 0 Å². The average Bonchev–Trinajstić information content (AvgIpc) is 3.28. The van der Waals surface area contributed by atoms with Crippen LogP contribution in [0.3, 0.4) is 0 Å². The van der Waals surface area contributed by atoms with Gasteiger partial charge in [0.2, 0.25) is 15.7 Å². The van der Waals surface area contributed by atoms with Crippen LogP contribution in [0.1, 0.15) is 12.8 Å². The van der Waals surface area contributed by atoms with E-state index in [1.54, 1.807) is 0 Å². The van der Waals surface area contributed by atoms with Crippen molar-refractivity contribution >= 4 is 38.9 Å². The molecule has 1 N–H and O–H groups in total. The third-order valence-electron chi connectivity index (χ3n) is 6.02. The Kier molecular flexibility index (Phi) is 7.67. The first kappa shape index (κ1) is 25.2. The highest BCUT2D eigenvalue weighted by Crippen LogP contribution is 2.38. The minimum absolute atomic E-state index is 0.00259. The molecular formula is C23H24Cl2FN3O4S. The van der Waals surface area contributed by atoms with Gasteiger partial charge in [-0.05, 0) is 43.2 Å². The second kappa shape index (κ2) is 10.4. The van der Waals surface area contributed by atoms with E-state index in [2.05, 4.69) is 10.2 Å². The molecule has 2 aromatic rings. The molecule has 0 aliphatic carbocycles. The van der Waals surface area contributed by atoms with Crippen LogP contribution < -0.4 is 10.1 Å². The summed E-state index contributed by atoms with van der Waals surface area (Å²) < 4.78 is 53.1. The molecular weight excluding hydrogens is 504 g/mol. The van der Waals surface area contributed by atoms with Crippen molar-refractivity contribution in [3.63, 3.8) is 0 Å². The van der Waals surface area contributed by atoms with E-state index >= 15 is 0 Å². The van der Waals surface area contributed by atoms with Crippen molar-refractivity contribution in [1.82, 2.24) is 9.62 Å². The maximum atomic E-state index is 14.0. The molecule has 0 spiro atoms. The fraction of sp³-hybridized carbons (Fsp3) is 0.435. The summed E-state index contributed by atoms with van der Waals surface area (Å²) in [4.78, 5) is 3.11. The van der Waals surface area contributed by atoms with Crippen LogP contribution in [0.15, 0.2) is 41.3 Å². The first-order chi connectivity index (χ1) is 16.2. The predicted octanol–water partition coefficient (Wildman–Crippen LogP) is 4.52. The van der Waals surface area contributed by atoms with Crippen LogP contribution in [0.25, 0.3) is 4.85 Å². The van der Waals surface area contributed by atoms with Crippen LogP contribution >= 0.6 is 23.2 Å². The third kappa shape index (κ3) is 5.48. The Balaban J connectivity index is 1.46. The third-order valence-corrected chi connectivity index (χ3v) is 8.53. The highest BCUT2D eigenvalue weighted by molar-refractivity contribution is 7.89. The molecule has 0 bridgehead atoms. The van der Waals surface area contributed by atoms with Gasteiger partial charge in [0.15, 0.2) is 0 Å². The fourth-order valence-corrected chi connectivity index (χ4v) is 6.57. The number of nitrogens with one attached hydrogen (secondary N) is 1. The van der Waals surface area contributed by atoms with Gasteiger partial charge in [0, 0.05) is 49.3 Å².